The van der Waals surface area contributed by atoms with Crippen LogP contribution >= 0.6 is 0 Å². The van der Waals surface area contributed by atoms with Crippen LogP contribution in [-0.4, -0.2) is 54.5 Å². The summed E-state index contributed by atoms with van der Waals surface area (Å²) >= 11 is 0. The van der Waals surface area contributed by atoms with Gasteiger partial charge in [-0.25, -0.2) is 0 Å². The lowest BCUT2D eigenvalue weighted by molar-refractivity contribution is 0.484. The molecule has 0 aromatic rings. The van der Waals surface area contributed by atoms with Crippen molar-refractivity contribution in [3.8, 4) is 0 Å². The molecule has 0 rings (SSSR count). The Morgan fingerprint density at radius 2 is 0.406 bits per heavy atom. The Morgan fingerprint density at radius 1 is 0.281 bits per heavy atom. The zero-order valence-electron chi connectivity index (χ0n) is 24.8. The lowest BCUT2D eigenvalue weighted by Crippen LogP contribution is -2.71. The van der Waals surface area contributed by atoms with Crippen molar-refractivity contribution in [3.05, 3.63) is 0 Å². The molecule has 0 unspecified atom stereocenters. The van der Waals surface area contributed by atoms with Gasteiger partial charge in [0.25, 0.3) is 0 Å². The average Bonchev–Trinajstić information content (AvgIpc) is 2.86. The van der Waals surface area contributed by atoms with Crippen LogP contribution < -0.4 is 0 Å². The first-order valence-corrected chi connectivity index (χ1v) is 25.0. The molecular formula is C26H64N2Si4. The quantitative estimate of drug-likeness (QED) is 0.158. The summed E-state index contributed by atoms with van der Waals surface area (Å²) in [6, 6.07) is 17.4. The SMILES string of the molecule is CC[Si](CC)(CC)N(CCN([Si](CC)(CC)CC)[Si](CC)(CC)CC)[Si](CC)(CC)CC. The maximum atomic E-state index is 3.35. The van der Waals surface area contributed by atoms with Crippen molar-refractivity contribution in [2.45, 2.75) is 156 Å². The largest absolute Gasteiger partial charge is 0.344 e. The Labute approximate surface area is 209 Å². The molecule has 0 saturated heterocycles. The third kappa shape index (κ3) is 6.31. The average molecular weight is 517 g/mol. The standard InChI is InChI=1S/C26H64N2Si4/c1-13-29(14-2,15-3)27(30(16-4,17-5)18-6)25-26-28(31(19-7,20-8)21-9)32(22-10,23-11)24-12/h13-26H2,1-12H3. The fraction of sp³-hybridized carbons (Fsp3) is 1.00. The van der Waals surface area contributed by atoms with Gasteiger partial charge in [0.1, 0.15) is 32.9 Å². The van der Waals surface area contributed by atoms with Crippen molar-refractivity contribution in [3.63, 3.8) is 0 Å². The summed E-state index contributed by atoms with van der Waals surface area (Å²) in [4.78, 5) is 0. The third-order valence-corrected chi connectivity index (χ3v) is 37.7. The summed E-state index contributed by atoms with van der Waals surface area (Å²) in [6.07, 6.45) is 0. The molecule has 2 nitrogen and oxygen atoms in total. The molecule has 0 heterocycles. The zero-order valence-corrected chi connectivity index (χ0v) is 28.8. The lowest BCUT2D eigenvalue weighted by Gasteiger charge is -2.56. The van der Waals surface area contributed by atoms with Crippen molar-refractivity contribution in [1.29, 1.82) is 0 Å². The maximum absolute atomic E-state index is 3.35. The van der Waals surface area contributed by atoms with Gasteiger partial charge < -0.3 is 8.46 Å². The minimum atomic E-state index is -1.39. The Bertz CT molecular complexity index is 367. The molecule has 0 aliphatic heterocycles. The Hall–Kier alpha value is 0.788. The molecular weight excluding hydrogens is 453 g/mol. The summed E-state index contributed by atoms with van der Waals surface area (Å²) < 4.78 is 6.71. The highest BCUT2D eigenvalue weighted by atomic mass is 28.4. The van der Waals surface area contributed by atoms with E-state index in [0.717, 1.165) is 0 Å². The molecule has 0 aromatic heterocycles. The van der Waals surface area contributed by atoms with E-state index in [-0.39, 0.29) is 0 Å². The lowest BCUT2D eigenvalue weighted by atomic mass is 10.7. The Morgan fingerprint density at radius 3 is 0.500 bits per heavy atom. The van der Waals surface area contributed by atoms with Crippen LogP contribution in [0.2, 0.25) is 72.5 Å². The van der Waals surface area contributed by atoms with Crippen LogP contribution in [0.25, 0.3) is 0 Å². The molecule has 0 saturated carbocycles. The highest BCUT2D eigenvalue weighted by molar-refractivity contribution is 6.93. The zero-order chi connectivity index (χ0) is 25.1. The maximum Gasteiger partial charge on any atom is 0.121 e. The van der Waals surface area contributed by atoms with Crippen LogP contribution in [0.3, 0.4) is 0 Å². The molecule has 0 aromatic carbocycles. The molecule has 32 heavy (non-hydrogen) atoms. The second-order valence-electron chi connectivity index (χ2n) is 10.4. The number of nitrogens with zero attached hydrogens (tertiary/aromatic N) is 2. The van der Waals surface area contributed by atoms with Crippen LogP contribution in [0.5, 0.6) is 0 Å². The van der Waals surface area contributed by atoms with Crippen molar-refractivity contribution in [2.75, 3.05) is 13.1 Å². The Balaban J connectivity index is 6.62. The molecule has 0 amide bonds. The molecule has 0 atom stereocenters. The van der Waals surface area contributed by atoms with Gasteiger partial charge in [-0.3, -0.25) is 0 Å². The molecule has 0 aliphatic carbocycles. The topological polar surface area (TPSA) is 6.48 Å². The van der Waals surface area contributed by atoms with Gasteiger partial charge in [0.2, 0.25) is 0 Å². The van der Waals surface area contributed by atoms with Gasteiger partial charge in [-0.2, -0.15) is 0 Å². The predicted molar refractivity (Wildman–Crippen MR) is 162 cm³/mol. The van der Waals surface area contributed by atoms with Gasteiger partial charge in [-0.1, -0.05) is 83.1 Å². The summed E-state index contributed by atoms with van der Waals surface area (Å²) in [6.45, 7) is 33.2. The minimum Gasteiger partial charge on any atom is -0.344 e. The number of hydrogen-bond acceptors (Lipinski definition) is 2. The van der Waals surface area contributed by atoms with E-state index in [9.17, 15) is 0 Å². The van der Waals surface area contributed by atoms with Crippen LogP contribution in [0, 0.1) is 0 Å². The first-order valence-electron chi connectivity index (χ1n) is 14.8. The van der Waals surface area contributed by atoms with E-state index in [0.29, 0.717) is 0 Å². The minimum absolute atomic E-state index is 1.39. The van der Waals surface area contributed by atoms with Crippen LogP contribution in [-0.2, 0) is 0 Å². The van der Waals surface area contributed by atoms with E-state index < -0.39 is 32.9 Å². The molecule has 0 aliphatic rings. The van der Waals surface area contributed by atoms with Crippen LogP contribution in [0.1, 0.15) is 83.1 Å². The number of rotatable bonds is 19. The van der Waals surface area contributed by atoms with E-state index >= 15 is 0 Å². The molecule has 0 radical (unpaired) electrons. The van der Waals surface area contributed by atoms with E-state index in [1.807, 2.05) is 0 Å². The van der Waals surface area contributed by atoms with Crippen molar-refractivity contribution >= 4 is 32.9 Å². The van der Waals surface area contributed by atoms with E-state index in [1.165, 1.54) is 85.6 Å². The van der Waals surface area contributed by atoms with Gasteiger partial charge in [-0.05, 0) is 85.6 Å². The highest BCUT2D eigenvalue weighted by Crippen LogP contribution is 2.39. The van der Waals surface area contributed by atoms with Crippen molar-refractivity contribution < 1.29 is 0 Å². The summed E-state index contributed by atoms with van der Waals surface area (Å²) in [5.41, 5.74) is 0. The third-order valence-electron chi connectivity index (χ3n) is 10.7. The summed E-state index contributed by atoms with van der Waals surface area (Å²) in [5, 5.41) is 0. The van der Waals surface area contributed by atoms with Crippen LogP contribution in [0.15, 0.2) is 0 Å². The normalized spacial score (nSPS) is 14.1. The molecule has 194 valence electrons. The smallest absolute Gasteiger partial charge is 0.121 e. The molecule has 0 fully saturated rings. The molecule has 0 spiro atoms. The monoisotopic (exact) mass is 516 g/mol. The predicted octanol–water partition coefficient (Wildman–Crippen LogP) is 9.61. The van der Waals surface area contributed by atoms with Crippen molar-refractivity contribution in [2.24, 2.45) is 0 Å². The molecule has 0 N–H and O–H groups in total. The highest BCUT2D eigenvalue weighted by Gasteiger charge is 2.49. The number of hydrogen-bond donors (Lipinski definition) is 0. The Kier molecular flexibility index (Phi) is 15.4. The van der Waals surface area contributed by atoms with E-state index in [1.54, 1.807) is 0 Å². The molecule has 6 heteroatoms. The summed E-state index contributed by atoms with van der Waals surface area (Å²) in [7, 11) is -5.57. The first-order chi connectivity index (χ1) is 15.2. The summed E-state index contributed by atoms with van der Waals surface area (Å²) in [5.74, 6) is 0. The second kappa shape index (κ2) is 15.0. The fourth-order valence-electron chi connectivity index (χ4n) is 7.45. The van der Waals surface area contributed by atoms with Gasteiger partial charge in [0, 0.05) is 0 Å². The first kappa shape index (κ1) is 32.8. The van der Waals surface area contributed by atoms with Gasteiger partial charge in [0.15, 0.2) is 0 Å². The van der Waals surface area contributed by atoms with Gasteiger partial charge >= 0.3 is 0 Å². The second-order valence-corrected chi connectivity index (χ2v) is 31.8. The fourth-order valence-corrected chi connectivity index (χ4v) is 34.1. The molecule has 0 bridgehead atoms. The van der Waals surface area contributed by atoms with Crippen LogP contribution in [0.4, 0.5) is 0 Å². The van der Waals surface area contributed by atoms with Crippen molar-refractivity contribution in [1.82, 2.24) is 8.46 Å². The van der Waals surface area contributed by atoms with Gasteiger partial charge in [-0.15, -0.1) is 0 Å². The van der Waals surface area contributed by atoms with E-state index in [2.05, 4.69) is 91.5 Å². The van der Waals surface area contributed by atoms with Gasteiger partial charge in [0.05, 0.1) is 0 Å². The van der Waals surface area contributed by atoms with E-state index in [4.69, 9.17) is 0 Å².